The van der Waals surface area contributed by atoms with E-state index in [4.69, 9.17) is 5.73 Å². The Bertz CT molecular complexity index is 322. The average molecular weight is 221 g/mol. The van der Waals surface area contributed by atoms with Gasteiger partial charge in [-0.3, -0.25) is 0 Å². The Kier molecular flexibility index (Phi) is 3.64. The number of hydrogen-bond donors (Lipinski definition) is 2. The van der Waals surface area contributed by atoms with Gasteiger partial charge in [-0.2, -0.15) is 0 Å². The van der Waals surface area contributed by atoms with Gasteiger partial charge >= 0.3 is 0 Å². The van der Waals surface area contributed by atoms with Crippen LogP contribution in [0.5, 0.6) is 0 Å². The maximum atomic E-state index is 5.58. The van der Waals surface area contributed by atoms with Gasteiger partial charge in [0.1, 0.15) is 5.82 Å². The lowest BCUT2D eigenvalue weighted by Crippen LogP contribution is -2.18. The molecule has 2 rings (SSSR count). The number of aromatic amines is 1. The summed E-state index contributed by atoms with van der Waals surface area (Å²) in [4.78, 5) is 7.79. The van der Waals surface area contributed by atoms with Gasteiger partial charge in [0.2, 0.25) is 0 Å². The molecule has 0 radical (unpaired) electrons. The number of nitrogens with zero attached hydrogens (tertiary/aromatic N) is 1. The molecule has 0 spiro atoms. The Balaban J connectivity index is 1.93. The number of H-pyrrole nitrogens is 1. The fourth-order valence-electron chi connectivity index (χ4n) is 2.75. The summed E-state index contributed by atoms with van der Waals surface area (Å²) < 4.78 is 0. The molecule has 0 bridgehead atoms. The largest absolute Gasteiger partial charge is 0.345 e. The Hall–Kier alpha value is -0.830. The molecule has 3 N–H and O–H groups in total. The van der Waals surface area contributed by atoms with Gasteiger partial charge in [0.15, 0.2) is 0 Å². The second-order valence-electron chi connectivity index (χ2n) is 5.35. The highest BCUT2D eigenvalue weighted by Crippen LogP contribution is 2.37. The number of hydrogen-bond acceptors (Lipinski definition) is 2. The van der Waals surface area contributed by atoms with Crippen LogP contribution < -0.4 is 5.73 Å². The van der Waals surface area contributed by atoms with Crippen LogP contribution in [0.1, 0.15) is 57.0 Å². The zero-order chi connectivity index (χ0) is 11.5. The maximum absolute atomic E-state index is 5.58. The summed E-state index contributed by atoms with van der Waals surface area (Å²) in [6, 6.07) is 0. The molecular formula is C13H23N3. The highest BCUT2D eigenvalue weighted by Gasteiger charge is 2.25. The van der Waals surface area contributed by atoms with Crippen molar-refractivity contribution in [3.63, 3.8) is 0 Å². The van der Waals surface area contributed by atoms with Crippen LogP contribution in [0.3, 0.4) is 0 Å². The summed E-state index contributed by atoms with van der Waals surface area (Å²) in [5.74, 6) is 3.54. The third-order valence-electron chi connectivity index (χ3n) is 3.97. The quantitative estimate of drug-likeness (QED) is 0.824. The normalized spacial score (nSPS) is 26.2. The molecule has 1 aliphatic rings. The topological polar surface area (TPSA) is 54.7 Å². The molecule has 0 amide bonds. The summed E-state index contributed by atoms with van der Waals surface area (Å²) in [6.45, 7) is 5.24. The minimum absolute atomic E-state index is 0.564. The van der Waals surface area contributed by atoms with E-state index in [1.807, 2.05) is 6.20 Å². The van der Waals surface area contributed by atoms with Crippen molar-refractivity contribution in [3.05, 3.63) is 17.7 Å². The van der Waals surface area contributed by atoms with Crippen LogP contribution in [-0.2, 0) is 6.54 Å². The predicted octanol–water partition coefficient (Wildman–Crippen LogP) is 2.80. The summed E-state index contributed by atoms with van der Waals surface area (Å²) in [7, 11) is 0. The summed E-state index contributed by atoms with van der Waals surface area (Å²) >= 11 is 0. The van der Waals surface area contributed by atoms with Crippen molar-refractivity contribution in [2.24, 2.45) is 17.6 Å². The van der Waals surface area contributed by atoms with Crippen molar-refractivity contribution in [3.8, 4) is 0 Å². The first-order valence-electron chi connectivity index (χ1n) is 6.44. The molecule has 1 aliphatic carbocycles. The molecule has 1 aromatic rings. The van der Waals surface area contributed by atoms with Crippen molar-refractivity contribution in [1.29, 1.82) is 0 Å². The molecule has 1 aromatic heterocycles. The highest BCUT2D eigenvalue weighted by molar-refractivity contribution is 5.06. The van der Waals surface area contributed by atoms with Gasteiger partial charge < -0.3 is 10.7 Å². The van der Waals surface area contributed by atoms with Crippen LogP contribution in [0.15, 0.2) is 6.20 Å². The minimum atomic E-state index is 0.564. The Labute approximate surface area is 97.8 Å². The highest BCUT2D eigenvalue weighted by atomic mass is 14.9. The van der Waals surface area contributed by atoms with Gasteiger partial charge in [-0.1, -0.05) is 13.8 Å². The summed E-state index contributed by atoms with van der Waals surface area (Å²) in [6.07, 6.45) is 7.13. The SMILES string of the molecule is CC(C)C1CCC(c2ncc(CN)[nH]2)CC1. The number of imidazole rings is 1. The zero-order valence-electron chi connectivity index (χ0n) is 10.4. The molecule has 3 nitrogen and oxygen atoms in total. The third kappa shape index (κ3) is 2.46. The van der Waals surface area contributed by atoms with Crippen molar-refractivity contribution < 1.29 is 0 Å². The molecule has 0 atom stereocenters. The minimum Gasteiger partial charge on any atom is -0.345 e. The van der Waals surface area contributed by atoms with E-state index in [-0.39, 0.29) is 0 Å². The molecule has 1 saturated carbocycles. The van der Waals surface area contributed by atoms with Gasteiger partial charge in [0.25, 0.3) is 0 Å². The molecule has 3 heteroatoms. The van der Waals surface area contributed by atoms with Crippen molar-refractivity contribution >= 4 is 0 Å². The molecule has 1 heterocycles. The lowest BCUT2D eigenvalue weighted by Gasteiger charge is -2.29. The van der Waals surface area contributed by atoms with Gasteiger partial charge in [-0.15, -0.1) is 0 Å². The number of nitrogens with one attached hydrogen (secondary N) is 1. The average Bonchev–Trinajstić information content (AvgIpc) is 2.77. The van der Waals surface area contributed by atoms with Gasteiger partial charge in [-0.05, 0) is 37.5 Å². The van der Waals surface area contributed by atoms with Crippen LogP contribution >= 0.6 is 0 Å². The summed E-state index contributed by atoms with van der Waals surface area (Å²) in [5, 5.41) is 0. The van der Waals surface area contributed by atoms with Crippen LogP contribution in [0.4, 0.5) is 0 Å². The molecule has 16 heavy (non-hydrogen) atoms. The van der Waals surface area contributed by atoms with E-state index < -0.39 is 0 Å². The number of nitrogens with two attached hydrogens (primary N) is 1. The molecular weight excluding hydrogens is 198 g/mol. The standard InChI is InChI=1S/C13H23N3/c1-9(2)10-3-5-11(6-4-10)13-15-8-12(7-14)16-13/h8-11H,3-7,14H2,1-2H3,(H,15,16). The fraction of sp³-hybridized carbons (Fsp3) is 0.769. The number of rotatable bonds is 3. The van der Waals surface area contributed by atoms with E-state index in [2.05, 4.69) is 23.8 Å². The van der Waals surface area contributed by atoms with E-state index in [9.17, 15) is 0 Å². The van der Waals surface area contributed by atoms with Crippen molar-refractivity contribution in [1.82, 2.24) is 9.97 Å². The van der Waals surface area contributed by atoms with Crippen LogP contribution in [-0.4, -0.2) is 9.97 Å². The Morgan fingerprint density at radius 1 is 1.38 bits per heavy atom. The lowest BCUT2D eigenvalue weighted by atomic mass is 9.77. The lowest BCUT2D eigenvalue weighted by molar-refractivity contribution is 0.255. The molecule has 0 aromatic carbocycles. The van der Waals surface area contributed by atoms with E-state index in [1.165, 1.54) is 25.7 Å². The number of aromatic nitrogens is 2. The van der Waals surface area contributed by atoms with Crippen LogP contribution in [0.2, 0.25) is 0 Å². The van der Waals surface area contributed by atoms with Crippen LogP contribution in [0.25, 0.3) is 0 Å². The van der Waals surface area contributed by atoms with Crippen molar-refractivity contribution in [2.45, 2.75) is 52.0 Å². The van der Waals surface area contributed by atoms with Gasteiger partial charge in [0.05, 0.1) is 0 Å². The predicted molar refractivity (Wildman–Crippen MR) is 66.0 cm³/mol. The fourth-order valence-corrected chi connectivity index (χ4v) is 2.75. The molecule has 0 aliphatic heterocycles. The first kappa shape index (κ1) is 11.6. The molecule has 1 fully saturated rings. The smallest absolute Gasteiger partial charge is 0.109 e. The second-order valence-corrected chi connectivity index (χ2v) is 5.35. The molecule has 0 saturated heterocycles. The first-order valence-corrected chi connectivity index (χ1v) is 6.44. The van der Waals surface area contributed by atoms with E-state index in [0.29, 0.717) is 12.5 Å². The van der Waals surface area contributed by atoms with E-state index in [1.54, 1.807) is 0 Å². The molecule has 90 valence electrons. The molecule has 0 unspecified atom stereocenters. The first-order chi connectivity index (χ1) is 7.70. The third-order valence-corrected chi connectivity index (χ3v) is 3.97. The zero-order valence-corrected chi connectivity index (χ0v) is 10.4. The Morgan fingerprint density at radius 3 is 2.56 bits per heavy atom. The monoisotopic (exact) mass is 221 g/mol. The maximum Gasteiger partial charge on any atom is 0.109 e. The Morgan fingerprint density at radius 2 is 2.06 bits per heavy atom. The second kappa shape index (κ2) is 5.00. The van der Waals surface area contributed by atoms with Gasteiger partial charge in [-0.25, -0.2) is 4.98 Å². The van der Waals surface area contributed by atoms with E-state index in [0.717, 1.165) is 23.4 Å². The van der Waals surface area contributed by atoms with E-state index >= 15 is 0 Å². The van der Waals surface area contributed by atoms with Crippen LogP contribution in [0, 0.1) is 11.8 Å². The van der Waals surface area contributed by atoms with Crippen molar-refractivity contribution in [2.75, 3.05) is 0 Å². The summed E-state index contributed by atoms with van der Waals surface area (Å²) in [5.41, 5.74) is 6.64. The van der Waals surface area contributed by atoms with Gasteiger partial charge in [0, 0.05) is 24.4 Å².